The average Bonchev–Trinajstić information content (AvgIpc) is 3.25. The van der Waals surface area contributed by atoms with Crippen molar-refractivity contribution < 1.29 is 14.3 Å². The van der Waals surface area contributed by atoms with Crippen LogP contribution in [0.4, 0.5) is 5.13 Å². The number of allylic oxidation sites excluding steroid dienone is 3. The molecule has 0 saturated carbocycles. The Bertz CT molecular complexity index is 1230. The lowest BCUT2D eigenvalue weighted by molar-refractivity contribution is -0.137. The second kappa shape index (κ2) is 9.73. The fraction of sp³-hybridized carbons (Fsp3) is 0.286. The van der Waals surface area contributed by atoms with Gasteiger partial charge in [0.15, 0.2) is 10.1 Å². The third-order valence-corrected chi connectivity index (χ3v) is 8.00. The predicted molar refractivity (Wildman–Crippen MR) is 127 cm³/mol. The SMILES string of the molecule is COC(=O)CSc1nnc(N2C(N)=C(C#N)C(c3c(Cl)cccc3Cl)C3=C2CCCC3=O)s1. The van der Waals surface area contributed by atoms with Gasteiger partial charge in [0, 0.05) is 33.3 Å². The summed E-state index contributed by atoms with van der Waals surface area (Å²) in [6.07, 6.45) is 1.54. The number of hydrogen-bond donors (Lipinski definition) is 1. The molecule has 0 radical (unpaired) electrons. The maximum Gasteiger partial charge on any atom is 0.316 e. The lowest BCUT2D eigenvalue weighted by Crippen LogP contribution is -2.38. The lowest BCUT2D eigenvalue weighted by Gasteiger charge is -2.38. The van der Waals surface area contributed by atoms with Crippen molar-refractivity contribution in [1.29, 1.82) is 5.26 Å². The molecule has 1 atom stereocenters. The zero-order valence-electron chi connectivity index (χ0n) is 17.3. The second-order valence-electron chi connectivity index (χ2n) is 7.17. The second-order valence-corrected chi connectivity index (χ2v) is 10.2. The molecule has 12 heteroatoms. The zero-order valence-corrected chi connectivity index (χ0v) is 20.4. The van der Waals surface area contributed by atoms with E-state index in [2.05, 4.69) is 21.0 Å². The quantitative estimate of drug-likeness (QED) is 0.449. The largest absolute Gasteiger partial charge is 0.468 e. The fourth-order valence-corrected chi connectivity index (χ4v) is 6.24. The summed E-state index contributed by atoms with van der Waals surface area (Å²) in [7, 11) is 1.31. The first kappa shape index (κ1) is 23.6. The van der Waals surface area contributed by atoms with E-state index in [0.717, 1.165) is 0 Å². The number of Topliss-reactive ketones (excluding diaryl/α,β-unsaturated/α-hetero) is 1. The molecule has 33 heavy (non-hydrogen) atoms. The first-order valence-electron chi connectivity index (χ1n) is 9.80. The monoisotopic (exact) mass is 521 g/mol. The molecule has 2 N–H and O–H groups in total. The fourth-order valence-electron chi connectivity index (χ4n) is 3.91. The van der Waals surface area contributed by atoms with Crippen molar-refractivity contribution in [2.45, 2.75) is 29.5 Å². The number of carbonyl (C=O) groups excluding carboxylic acids is 2. The number of ketones is 1. The number of thioether (sulfide) groups is 1. The van der Waals surface area contributed by atoms with E-state index in [1.165, 1.54) is 30.2 Å². The number of rotatable bonds is 5. The number of carbonyl (C=O) groups is 2. The van der Waals surface area contributed by atoms with Gasteiger partial charge in [0.2, 0.25) is 5.13 Å². The van der Waals surface area contributed by atoms with E-state index in [0.29, 0.717) is 55.6 Å². The number of hydrogen-bond acceptors (Lipinski definition) is 10. The summed E-state index contributed by atoms with van der Waals surface area (Å²) in [5.74, 6) is -1.01. The molecule has 2 heterocycles. The van der Waals surface area contributed by atoms with Gasteiger partial charge in [-0.15, -0.1) is 10.2 Å². The number of aromatic nitrogens is 2. The summed E-state index contributed by atoms with van der Waals surface area (Å²) in [4.78, 5) is 26.2. The molecular formula is C21H17Cl2N5O3S2. The van der Waals surface area contributed by atoms with Gasteiger partial charge in [-0.1, -0.05) is 52.4 Å². The Labute approximate surface area is 208 Å². The van der Waals surface area contributed by atoms with Crippen LogP contribution < -0.4 is 10.6 Å². The predicted octanol–water partition coefficient (Wildman–Crippen LogP) is 4.41. The molecule has 0 fully saturated rings. The summed E-state index contributed by atoms with van der Waals surface area (Å²) < 4.78 is 5.18. The van der Waals surface area contributed by atoms with E-state index in [-0.39, 0.29) is 28.9 Å². The van der Waals surface area contributed by atoms with Crippen LogP contribution in [0.25, 0.3) is 0 Å². The molecule has 1 unspecified atom stereocenters. The van der Waals surface area contributed by atoms with Crippen molar-refractivity contribution in [3.05, 3.63) is 56.5 Å². The van der Waals surface area contributed by atoms with Crippen LogP contribution in [-0.2, 0) is 14.3 Å². The van der Waals surface area contributed by atoms with E-state index >= 15 is 0 Å². The molecule has 1 aromatic carbocycles. The molecule has 1 aliphatic heterocycles. The Kier molecular flexibility index (Phi) is 6.95. The number of nitriles is 1. The summed E-state index contributed by atoms with van der Waals surface area (Å²) in [6.45, 7) is 0. The Balaban J connectivity index is 1.84. The Morgan fingerprint density at radius 2 is 2.09 bits per heavy atom. The first-order chi connectivity index (χ1) is 15.9. The van der Waals surface area contributed by atoms with Gasteiger partial charge in [0.25, 0.3) is 0 Å². The van der Waals surface area contributed by atoms with Crippen LogP contribution in [0.5, 0.6) is 0 Å². The Hall–Kier alpha value is -2.58. The highest BCUT2D eigenvalue weighted by Gasteiger charge is 2.42. The number of ether oxygens (including phenoxy) is 1. The number of methoxy groups -OCH3 is 1. The van der Waals surface area contributed by atoms with Crippen molar-refractivity contribution in [2.24, 2.45) is 5.73 Å². The van der Waals surface area contributed by atoms with Crippen molar-refractivity contribution in [3.63, 3.8) is 0 Å². The highest BCUT2D eigenvalue weighted by atomic mass is 35.5. The van der Waals surface area contributed by atoms with Gasteiger partial charge >= 0.3 is 5.97 Å². The molecule has 8 nitrogen and oxygen atoms in total. The average molecular weight is 522 g/mol. The van der Waals surface area contributed by atoms with Crippen LogP contribution in [0.1, 0.15) is 30.7 Å². The topological polar surface area (TPSA) is 122 Å². The zero-order chi connectivity index (χ0) is 23.7. The Morgan fingerprint density at radius 3 is 2.76 bits per heavy atom. The molecule has 1 aromatic heterocycles. The van der Waals surface area contributed by atoms with Gasteiger partial charge in [-0.25, -0.2) is 0 Å². The van der Waals surface area contributed by atoms with Crippen LogP contribution in [-0.4, -0.2) is 34.8 Å². The molecule has 0 saturated heterocycles. The third kappa shape index (κ3) is 4.34. The van der Waals surface area contributed by atoms with Crippen molar-refractivity contribution in [1.82, 2.24) is 10.2 Å². The van der Waals surface area contributed by atoms with Crippen LogP contribution in [0.15, 0.2) is 45.2 Å². The molecule has 0 amide bonds. The minimum atomic E-state index is -0.767. The number of benzene rings is 1. The molecule has 2 aliphatic rings. The molecule has 1 aliphatic carbocycles. The molecule has 0 spiro atoms. The highest BCUT2D eigenvalue weighted by molar-refractivity contribution is 8.01. The van der Waals surface area contributed by atoms with Gasteiger partial charge in [0.1, 0.15) is 5.82 Å². The lowest BCUT2D eigenvalue weighted by atomic mass is 9.75. The van der Waals surface area contributed by atoms with Crippen LogP contribution in [0, 0.1) is 11.3 Å². The number of anilines is 1. The maximum absolute atomic E-state index is 13.2. The van der Waals surface area contributed by atoms with Crippen molar-refractivity contribution in [2.75, 3.05) is 17.8 Å². The summed E-state index contributed by atoms with van der Waals surface area (Å²) in [5.41, 5.74) is 8.26. The third-order valence-electron chi connectivity index (χ3n) is 5.33. The maximum atomic E-state index is 13.2. The van der Waals surface area contributed by atoms with Gasteiger partial charge < -0.3 is 10.5 Å². The molecule has 170 valence electrons. The van der Waals surface area contributed by atoms with Gasteiger partial charge in [0.05, 0.1) is 30.4 Å². The van der Waals surface area contributed by atoms with Gasteiger partial charge in [-0.3, -0.25) is 14.5 Å². The molecule has 4 rings (SSSR count). The van der Waals surface area contributed by atoms with E-state index in [4.69, 9.17) is 28.9 Å². The van der Waals surface area contributed by atoms with E-state index in [9.17, 15) is 14.9 Å². The van der Waals surface area contributed by atoms with Crippen LogP contribution >= 0.6 is 46.3 Å². The minimum absolute atomic E-state index is 0.0828. The van der Waals surface area contributed by atoms with Crippen LogP contribution in [0.3, 0.4) is 0 Å². The Morgan fingerprint density at radius 1 is 1.36 bits per heavy atom. The minimum Gasteiger partial charge on any atom is -0.468 e. The van der Waals surface area contributed by atoms with E-state index in [1.54, 1.807) is 23.1 Å². The normalized spacial score (nSPS) is 18.3. The van der Waals surface area contributed by atoms with Gasteiger partial charge in [-0.2, -0.15) is 5.26 Å². The molecular weight excluding hydrogens is 505 g/mol. The number of halogens is 2. The van der Waals surface area contributed by atoms with E-state index < -0.39 is 5.92 Å². The van der Waals surface area contributed by atoms with Crippen molar-refractivity contribution >= 4 is 63.2 Å². The molecule has 0 bridgehead atoms. The summed E-state index contributed by atoms with van der Waals surface area (Å²) >= 11 is 15.3. The van der Waals surface area contributed by atoms with Crippen molar-refractivity contribution in [3.8, 4) is 6.07 Å². The molecule has 2 aromatic rings. The summed E-state index contributed by atoms with van der Waals surface area (Å²) in [5, 5.41) is 19.5. The first-order valence-corrected chi connectivity index (χ1v) is 12.4. The van der Waals surface area contributed by atoms with Gasteiger partial charge in [-0.05, 0) is 25.0 Å². The van der Waals surface area contributed by atoms with Crippen LogP contribution in [0.2, 0.25) is 10.0 Å². The standard InChI is InChI=1S/C21H17Cl2N5O3S2/c1-31-15(30)9-32-21-27-26-20(33-21)28-13-6-3-7-14(29)18(13)16(10(8-24)19(28)25)17-11(22)4-2-5-12(17)23/h2,4-5,16H,3,6-7,9,25H2,1H3. The summed E-state index contributed by atoms with van der Waals surface area (Å²) in [6, 6.07) is 7.21. The number of nitrogens with zero attached hydrogens (tertiary/aromatic N) is 4. The smallest absolute Gasteiger partial charge is 0.316 e. The number of esters is 1. The number of nitrogens with two attached hydrogens (primary N) is 1. The highest BCUT2D eigenvalue weighted by Crippen LogP contribution is 2.49. The van der Waals surface area contributed by atoms with E-state index in [1.807, 2.05) is 0 Å².